The van der Waals surface area contributed by atoms with E-state index < -0.39 is 0 Å². The van der Waals surface area contributed by atoms with Gasteiger partial charge in [-0.2, -0.15) is 5.26 Å². The average Bonchev–Trinajstić information content (AvgIpc) is 3.72. The van der Waals surface area contributed by atoms with Gasteiger partial charge in [0, 0.05) is 43.8 Å². The van der Waals surface area contributed by atoms with Crippen molar-refractivity contribution in [1.82, 2.24) is 39.0 Å². The fourth-order valence-electron chi connectivity index (χ4n) is 8.30. The predicted molar refractivity (Wildman–Crippen MR) is 227 cm³/mol. The lowest BCUT2D eigenvalue weighted by molar-refractivity contribution is 0.928. The van der Waals surface area contributed by atoms with E-state index in [0.29, 0.717) is 40.5 Å². The second kappa shape index (κ2) is 13.0. The van der Waals surface area contributed by atoms with Crippen LogP contribution in [-0.4, -0.2) is 39.0 Å². The van der Waals surface area contributed by atoms with Crippen molar-refractivity contribution in [3.05, 3.63) is 156 Å². The first kappa shape index (κ1) is 34.0. The van der Waals surface area contributed by atoms with Gasteiger partial charge in [0.25, 0.3) is 0 Å². The number of nitriles is 1. The second-order valence-corrected chi connectivity index (χ2v) is 14.5. The van der Waals surface area contributed by atoms with E-state index >= 15 is 0 Å². The first-order valence-corrected chi connectivity index (χ1v) is 18.9. The van der Waals surface area contributed by atoms with Crippen LogP contribution >= 0.6 is 0 Å². The Morgan fingerprint density at radius 2 is 0.912 bits per heavy atom. The Bertz CT molecular complexity index is 3290. The molecule has 0 atom stereocenters. The van der Waals surface area contributed by atoms with Crippen molar-refractivity contribution in [2.24, 2.45) is 0 Å². The summed E-state index contributed by atoms with van der Waals surface area (Å²) in [5.41, 5.74) is 11.7. The molecule has 4 heterocycles. The molecular weight excluding hydrogens is 703 g/mol. The first-order valence-electron chi connectivity index (χ1n) is 18.9. The second-order valence-electron chi connectivity index (χ2n) is 14.5. The molecule has 9 heteroatoms. The third kappa shape index (κ3) is 5.61. The molecule has 0 N–H and O–H groups in total. The Labute approximate surface area is 328 Å². The van der Waals surface area contributed by atoms with Crippen LogP contribution in [0.15, 0.2) is 121 Å². The highest BCUT2D eigenvalue weighted by Crippen LogP contribution is 2.42. The molecule has 6 aromatic carbocycles. The summed E-state index contributed by atoms with van der Waals surface area (Å²) in [5.74, 6) is 4.07. The maximum Gasteiger partial charge on any atom is 0.163 e. The lowest BCUT2D eigenvalue weighted by Crippen LogP contribution is -2.03. The lowest BCUT2D eigenvalue weighted by atomic mass is 9.97. The van der Waals surface area contributed by atoms with E-state index in [2.05, 4.69) is 161 Å². The summed E-state index contributed by atoms with van der Waals surface area (Å²) >= 11 is 0. The zero-order valence-corrected chi connectivity index (χ0v) is 32.1. The van der Waals surface area contributed by atoms with Crippen molar-refractivity contribution in [2.75, 3.05) is 0 Å². The van der Waals surface area contributed by atoms with Gasteiger partial charge in [0.15, 0.2) is 11.6 Å². The highest BCUT2D eigenvalue weighted by atomic mass is 15.0. The van der Waals surface area contributed by atoms with Crippen molar-refractivity contribution >= 4 is 43.6 Å². The number of para-hydroxylation sites is 2. The minimum Gasteiger partial charge on any atom is -0.309 e. The van der Waals surface area contributed by atoms with E-state index in [-0.39, 0.29) is 0 Å². The zero-order chi connectivity index (χ0) is 38.9. The summed E-state index contributed by atoms with van der Waals surface area (Å²) in [4.78, 5) is 27.5. The molecule has 10 aromatic rings. The van der Waals surface area contributed by atoms with E-state index in [4.69, 9.17) is 0 Å². The number of fused-ring (bicyclic) bond motifs is 6. The van der Waals surface area contributed by atoms with Gasteiger partial charge < -0.3 is 9.13 Å². The van der Waals surface area contributed by atoms with Crippen molar-refractivity contribution in [3.63, 3.8) is 0 Å². The summed E-state index contributed by atoms with van der Waals surface area (Å²) in [5, 5.41) is 14.7. The van der Waals surface area contributed by atoms with Gasteiger partial charge in [-0.1, -0.05) is 48.5 Å². The van der Waals surface area contributed by atoms with Crippen LogP contribution in [0.2, 0.25) is 0 Å². The van der Waals surface area contributed by atoms with E-state index in [1.165, 1.54) is 0 Å². The molecule has 0 fully saturated rings. The number of hydrogen-bond acceptors (Lipinski definition) is 7. The Kier molecular flexibility index (Phi) is 7.76. The van der Waals surface area contributed by atoms with Crippen LogP contribution in [-0.2, 0) is 0 Å². The van der Waals surface area contributed by atoms with Crippen LogP contribution in [0, 0.1) is 45.9 Å². The van der Waals surface area contributed by atoms with Gasteiger partial charge >= 0.3 is 0 Å². The van der Waals surface area contributed by atoms with E-state index in [0.717, 1.165) is 82.8 Å². The molecule has 0 aliphatic heterocycles. The zero-order valence-electron chi connectivity index (χ0n) is 32.1. The highest BCUT2D eigenvalue weighted by Gasteiger charge is 2.22. The molecule has 0 saturated heterocycles. The molecule has 0 aliphatic carbocycles. The predicted octanol–water partition coefficient (Wildman–Crippen LogP) is 10.7. The molecule has 0 aliphatic rings. The van der Waals surface area contributed by atoms with Crippen molar-refractivity contribution in [2.45, 2.75) is 34.6 Å². The summed E-state index contributed by atoms with van der Waals surface area (Å²) in [6.07, 6.45) is 0. The van der Waals surface area contributed by atoms with E-state index in [1.54, 1.807) is 0 Å². The average molecular weight is 738 g/mol. The molecule has 0 unspecified atom stereocenters. The van der Waals surface area contributed by atoms with Crippen LogP contribution in [0.3, 0.4) is 0 Å². The minimum absolute atomic E-state index is 0.582. The standard InChI is InChI=1S/C48H35N9/c1-27-14-18-37(46(22-27)57-42-13-9-7-11-36(42)40-25-34(17-21-45(40)57)48-54-30(4)51-31(5)55-48)38-23-32(26-49)15-19-43(38)56-41-12-8-6-10-35(41)39-24-33(16-20-44(39)56)47-52-28(2)50-29(3)53-47/h6-25H,1-5H3. The summed E-state index contributed by atoms with van der Waals surface area (Å²) in [6.45, 7) is 9.70. The molecule has 0 radical (unpaired) electrons. The largest absolute Gasteiger partial charge is 0.309 e. The lowest BCUT2D eigenvalue weighted by Gasteiger charge is -2.19. The minimum atomic E-state index is 0.582. The number of hydrogen-bond donors (Lipinski definition) is 0. The van der Waals surface area contributed by atoms with Crippen molar-refractivity contribution in [3.8, 4) is 51.3 Å². The van der Waals surface area contributed by atoms with Gasteiger partial charge in [0.2, 0.25) is 0 Å². The number of aryl methyl sites for hydroxylation is 5. The summed E-state index contributed by atoms with van der Waals surface area (Å²) in [7, 11) is 0. The third-order valence-corrected chi connectivity index (χ3v) is 10.6. The highest BCUT2D eigenvalue weighted by molar-refractivity contribution is 6.12. The molecule has 57 heavy (non-hydrogen) atoms. The van der Waals surface area contributed by atoms with Crippen LogP contribution in [0.5, 0.6) is 0 Å². The van der Waals surface area contributed by atoms with Crippen LogP contribution in [0.25, 0.3) is 88.9 Å². The SMILES string of the molecule is Cc1ccc(-c2cc(C#N)ccc2-n2c3ccccc3c3cc(-c4nc(C)nc(C)n4)ccc32)c(-n2c3ccccc3c3cc(-c4nc(C)nc(C)n4)ccc32)c1. The first-order chi connectivity index (χ1) is 27.7. The summed E-state index contributed by atoms with van der Waals surface area (Å²) < 4.78 is 4.66. The Balaban J connectivity index is 1.23. The molecule has 0 saturated carbocycles. The van der Waals surface area contributed by atoms with Gasteiger partial charge in [-0.25, -0.2) is 29.9 Å². The topological polar surface area (TPSA) is 111 Å². The monoisotopic (exact) mass is 737 g/mol. The molecule has 10 rings (SSSR count). The van der Waals surface area contributed by atoms with Gasteiger partial charge in [-0.3, -0.25) is 0 Å². The van der Waals surface area contributed by atoms with Crippen molar-refractivity contribution in [1.29, 1.82) is 5.26 Å². The molecule has 0 spiro atoms. The van der Waals surface area contributed by atoms with Crippen LogP contribution in [0.1, 0.15) is 34.4 Å². The van der Waals surface area contributed by atoms with Crippen LogP contribution < -0.4 is 0 Å². The number of benzene rings is 6. The van der Waals surface area contributed by atoms with Gasteiger partial charge in [-0.15, -0.1) is 0 Å². The number of rotatable bonds is 5. The molecule has 4 aromatic heterocycles. The summed E-state index contributed by atoms with van der Waals surface area (Å²) in [6, 6.07) is 44.8. The smallest absolute Gasteiger partial charge is 0.163 e. The van der Waals surface area contributed by atoms with Gasteiger partial charge in [0.1, 0.15) is 23.3 Å². The fourth-order valence-corrected chi connectivity index (χ4v) is 8.30. The van der Waals surface area contributed by atoms with E-state index in [1.807, 2.05) is 39.8 Å². The fraction of sp³-hybridized carbons (Fsp3) is 0.104. The molecule has 0 amide bonds. The Hall–Kier alpha value is -7.57. The Morgan fingerprint density at radius 3 is 1.44 bits per heavy atom. The molecule has 0 bridgehead atoms. The molecule has 9 nitrogen and oxygen atoms in total. The van der Waals surface area contributed by atoms with E-state index in [9.17, 15) is 5.26 Å². The molecular formula is C48H35N9. The number of aromatic nitrogens is 8. The molecule has 272 valence electrons. The maximum atomic E-state index is 10.3. The Morgan fingerprint density at radius 1 is 0.421 bits per heavy atom. The van der Waals surface area contributed by atoms with Gasteiger partial charge in [0.05, 0.1) is 45.1 Å². The van der Waals surface area contributed by atoms with Gasteiger partial charge in [-0.05, 0) is 113 Å². The number of nitrogens with zero attached hydrogens (tertiary/aromatic N) is 9. The quantitative estimate of drug-likeness (QED) is 0.173. The normalized spacial score (nSPS) is 11.6. The maximum absolute atomic E-state index is 10.3. The van der Waals surface area contributed by atoms with Crippen LogP contribution in [0.4, 0.5) is 0 Å². The third-order valence-electron chi connectivity index (χ3n) is 10.6. The van der Waals surface area contributed by atoms with Crippen molar-refractivity contribution < 1.29 is 0 Å².